The Balaban J connectivity index is 2.17. The molecule has 1 aromatic carbocycles. The zero-order chi connectivity index (χ0) is 23.2. The molecule has 0 radical (unpaired) electrons. The number of likely N-dealkylation sites (tertiary alicyclic amines) is 1. The highest BCUT2D eigenvalue weighted by molar-refractivity contribution is 7.97. The van der Waals surface area contributed by atoms with E-state index in [2.05, 4.69) is 69.0 Å². The Labute approximate surface area is 192 Å². The lowest BCUT2D eigenvalue weighted by atomic mass is 9.85. The maximum Gasteiger partial charge on any atom is 0.246 e. The van der Waals surface area contributed by atoms with Crippen LogP contribution in [0.4, 0.5) is 5.69 Å². The number of benzene rings is 1. The van der Waals surface area contributed by atoms with Crippen molar-refractivity contribution in [2.75, 3.05) is 18.4 Å². The molecule has 1 saturated heterocycles. The number of nitrogens with zero attached hydrogens (tertiary/aromatic N) is 1. The molecule has 2 atom stereocenters. The van der Waals surface area contributed by atoms with Crippen LogP contribution < -0.4 is 15.4 Å². The molecular formula is C24H40N4O2S. The first-order valence-electron chi connectivity index (χ1n) is 11.3. The predicted molar refractivity (Wildman–Crippen MR) is 130 cm³/mol. The molecular weight excluding hydrogens is 408 g/mol. The summed E-state index contributed by atoms with van der Waals surface area (Å²) < 4.78 is 3.42. The quantitative estimate of drug-likeness (QED) is 0.513. The van der Waals surface area contributed by atoms with Gasteiger partial charge in [0.1, 0.15) is 12.1 Å². The molecule has 31 heavy (non-hydrogen) atoms. The predicted octanol–water partition coefficient (Wildman–Crippen LogP) is 4.43. The van der Waals surface area contributed by atoms with Crippen molar-refractivity contribution in [2.24, 2.45) is 5.41 Å². The summed E-state index contributed by atoms with van der Waals surface area (Å²) in [6.45, 7) is 15.9. The number of amides is 2. The van der Waals surface area contributed by atoms with Crippen LogP contribution in [0, 0.1) is 5.41 Å². The zero-order valence-corrected chi connectivity index (χ0v) is 21.0. The van der Waals surface area contributed by atoms with Crippen molar-refractivity contribution in [2.45, 2.75) is 90.2 Å². The Morgan fingerprint density at radius 3 is 2.52 bits per heavy atom. The Morgan fingerprint density at radius 1 is 1.19 bits per heavy atom. The molecule has 1 aromatic rings. The first kappa shape index (κ1) is 25.5. The highest BCUT2D eigenvalue weighted by atomic mass is 32.2. The fraction of sp³-hybridized carbons (Fsp3) is 0.667. The minimum atomic E-state index is -0.428. The monoisotopic (exact) mass is 448 g/mol. The van der Waals surface area contributed by atoms with E-state index in [4.69, 9.17) is 0 Å². The Hall–Kier alpha value is -1.73. The van der Waals surface area contributed by atoms with E-state index in [0.29, 0.717) is 13.1 Å². The van der Waals surface area contributed by atoms with Crippen molar-refractivity contribution in [3.05, 3.63) is 24.3 Å². The third kappa shape index (κ3) is 7.72. The number of carbonyl (C=O) groups is 2. The van der Waals surface area contributed by atoms with Gasteiger partial charge in [-0.05, 0) is 75.6 Å². The van der Waals surface area contributed by atoms with E-state index >= 15 is 0 Å². The van der Waals surface area contributed by atoms with Crippen LogP contribution in [0.25, 0.3) is 0 Å². The number of hydrogen-bond acceptors (Lipinski definition) is 5. The SMILES string of the molecule is CCCNC(=O)[C@@H]1CCCN1C(=O)C(Nc1cccc(SNC(C)(C)C)c1)C(C)(C)C. The van der Waals surface area contributed by atoms with Crippen molar-refractivity contribution < 1.29 is 9.59 Å². The fourth-order valence-corrected chi connectivity index (χ4v) is 4.27. The molecule has 3 N–H and O–H groups in total. The van der Waals surface area contributed by atoms with Crippen LogP contribution in [0.15, 0.2) is 29.2 Å². The van der Waals surface area contributed by atoms with Gasteiger partial charge in [0.05, 0.1) is 0 Å². The van der Waals surface area contributed by atoms with Gasteiger partial charge in [0.2, 0.25) is 11.8 Å². The van der Waals surface area contributed by atoms with Gasteiger partial charge < -0.3 is 15.5 Å². The summed E-state index contributed by atoms with van der Waals surface area (Å²) in [5.74, 6) is -0.0421. The second-order valence-electron chi connectivity index (χ2n) is 10.4. The van der Waals surface area contributed by atoms with Gasteiger partial charge in [-0.15, -0.1) is 0 Å². The van der Waals surface area contributed by atoms with E-state index < -0.39 is 6.04 Å². The van der Waals surface area contributed by atoms with Gasteiger partial charge in [-0.25, -0.2) is 0 Å². The topological polar surface area (TPSA) is 73.5 Å². The number of nitrogens with one attached hydrogen (secondary N) is 3. The fourth-order valence-electron chi connectivity index (χ4n) is 3.51. The van der Waals surface area contributed by atoms with Crippen molar-refractivity contribution in [3.63, 3.8) is 0 Å². The molecule has 174 valence electrons. The summed E-state index contributed by atoms with van der Waals surface area (Å²) in [5.41, 5.74) is 0.595. The first-order valence-corrected chi connectivity index (χ1v) is 12.1. The van der Waals surface area contributed by atoms with Gasteiger partial charge in [0.25, 0.3) is 0 Å². The third-order valence-electron chi connectivity index (χ3n) is 5.12. The third-order valence-corrected chi connectivity index (χ3v) is 6.32. The van der Waals surface area contributed by atoms with Gasteiger partial charge in [-0.3, -0.25) is 14.3 Å². The molecule has 1 heterocycles. The maximum absolute atomic E-state index is 13.6. The second-order valence-corrected chi connectivity index (χ2v) is 11.3. The van der Waals surface area contributed by atoms with E-state index in [1.807, 2.05) is 19.1 Å². The smallest absolute Gasteiger partial charge is 0.246 e. The van der Waals surface area contributed by atoms with Gasteiger partial charge >= 0.3 is 0 Å². The average molecular weight is 449 g/mol. The molecule has 1 aliphatic rings. The Bertz CT molecular complexity index is 755. The minimum Gasteiger partial charge on any atom is -0.373 e. The lowest BCUT2D eigenvalue weighted by molar-refractivity contribution is -0.140. The summed E-state index contributed by atoms with van der Waals surface area (Å²) in [6, 6.07) is 7.30. The molecule has 1 fully saturated rings. The molecule has 6 nitrogen and oxygen atoms in total. The molecule has 0 aliphatic carbocycles. The van der Waals surface area contributed by atoms with Crippen LogP contribution in [0.1, 0.15) is 67.7 Å². The van der Waals surface area contributed by atoms with Crippen LogP contribution in [-0.4, -0.2) is 47.4 Å². The minimum absolute atomic E-state index is 0.00112. The van der Waals surface area contributed by atoms with Crippen LogP contribution in [0.5, 0.6) is 0 Å². The van der Waals surface area contributed by atoms with E-state index in [0.717, 1.165) is 29.8 Å². The highest BCUT2D eigenvalue weighted by Gasteiger charge is 2.41. The zero-order valence-electron chi connectivity index (χ0n) is 20.2. The number of carbonyl (C=O) groups excluding carboxylic acids is 2. The molecule has 7 heteroatoms. The maximum atomic E-state index is 13.6. The van der Waals surface area contributed by atoms with Crippen molar-refractivity contribution >= 4 is 29.4 Å². The van der Waals surface area contributed by atoms with Gasteiger partial charge in [-0.2, -0.15) is 0 Å². The summed E-state index contributed by atoms with van der Waals surface area (Å²) >= 11 is 1.58. The van der Waals surface area contributed by atoms with Crippen LogP contribution in [0.2, 0.25) is 0 Å². The normalized spacial score (nSPS) is 18.0. The standard InChI is InChI=1S/C24H40N4O2S/c1-8-14-25-21(29)19-13-10-15-28(19)22(30)20(23(2,3)4)26-17-11-9-12-18(16-17)31-27-24(5,6)7/h9,11-12,16,19-20,26-27H,8,10,13-15H2,1-7H3,(H,25,29)/t19-,20?/m0/s1. The molecule has 0 aromatic heterocycles. The van der Waals surface area contributed by atoms with Crippen LogP contribution in [0.3, 0.4) is 0 Å². The first-order chi connectivity index (χ1) is 14.4. The lowest BCUT2D eigenvalue weighted by Crippen LogP contribution is -2.54. The average Bonchev–Trinajstić information content (AvgIpc) is 3.17. The van der Waals surface area contributed by atoms with Crippen molar-refractivity contribution in [1.29, 1.82) is 0 Å². The molecule has 0 bridgehead atoms. The van der Waals surface area contributed by atoms with Crippen LogP contribution in [-0.2, 0) is 9.59 Å². The molecule has 2 rings (SSSR count). The molecule has 0 spiro atoms. The second kappa shape index (κ2) is 10.7. The van der Waals surface area contributed by atoms with E-state index in [9.17, 15) is 9.59 Å². The van der Waals surface area contributed by atoms with E-state index in [-0.39, 0.29) is 28.8 Å². The van der Waals surface area contributed by atoms with Gasteiger partial charge in [-0.1, -0.05) is 33.8 Å². The lowest BCUT2D eigenvalue weighted by Gasteiger charge is -2.36. The molecule has 1 aliphatic heterocycles. The number of rotatable bonds is 8. The summed E-state index contributed by atoms with van der Waals surface area (Å²) in [7, 11) is 0. The largest absolute Gasteiger partial charge is 0.373 e. The summed E-state index contributed by atoms with van der Waals surface area (Å²) in [4.78, 5) is 29.1. The van der Waals surface area contributed by atoms with E-state index in [1.54, 1.807) is 16.8 Å². The summed E-state index contributed by atoms with van der Waals surface area (Å²) in [5, 5.41) is 6.43. The number of hydrogen-bond donors (Lipinski definition) is 3. The van der Waals surface area contributed by atoms with Gasteiger partial charge in [0.15, 0.2) is 0 Å². The van der Waals surface area contributed by atoms with Crippen molar-refractivity contribution in [3.8, 4) is 0 Å². The molecule has 1 unspecified atom stereocenters. The van der Waals surface area contributed by atoms with E-state index in [1.165, 1.54) is 0 Å². The van der Waals surface area contributed by atoms with Crippen molar-refractivity contribution in [1.82, 2.24) is 14.9 Å². The number of anilines is 1. The summed E-state index contributed by atoms with van der Waals surface area (Å²) in [6.07, 6.45) is 2.47. The van der Waals surface area contributed by atoms with Gasteiger partial charge in [0, 0.05) is 29.2 Å². The molecule has 2 amide bonds. The van der Waals surface area contributed by atoms with Crippen LogP contribution >= 0.6 is 11.9 Å². The highest BCUT2D eigenvalue weighted by Crippen LogP contribution is 2.30. The Morgan fingerprint density at radius 2 is 1.90 bits per heavy atom. The Kier molecular flexibility index (Phi) is 8.83. The molecule has 0 saturated carbocycles.